The minimum atomic E-state index is -0.110. The summed E-state index contributed by atoms with van der Waals surface area (Å²) in [6.45, 7) is 0. The maximum Gasteiger partial charge on any atom is 0.187 e. The zero-order chi connectivity index (χ0) is 12.4. The van der Waals surface area contributed by atoms with Gasteiger partial charge in [0.1, 0.15) is 5.69 Å². The number of halogens is 3. The summed E-state index contributed by atoms with van der Waals surface area (Å²) >= 11 is 16.5. The fourth-order valence-corrected chi connectivity index (χ4v) is 3.28. The Labute approximate surface area is 121 Å². The second kappa shape index (κ2) is 5.48. The van der Waals surface area contributed by atoms with Gasteiger partial charge < -0.3 is 0 Å². The largest absolute Gasteiger partial charge is 0.292 e. The van der Waals surface area contributed by atoms with Crippen LogP contribution in [-0.2, 0) is 6.42 Å². The Balaban J connectivity index is 2.20. The van der Waals surface area contributed by atoms with Gasteiger partial charge in [-0.15, -0.1) is 11.3 Å². The van der Waals surface area contributed by atoms with E-state index >= 15 is 0 Å². The van der Waals surface area contributed by atoms with Crippen molar-refractivity contribution in [3.05, 3.63) is 48.8 Å². The van der Waals surface area contributed by atoms with Gasteiger partial charge >= 0.3 is 0 Å². The van der Waals surface area contributed by atoms with Crippen LogP contribution in [-0.4, -0.2) is 10.8 Å². The molecule has 0 saturated carbocycles. The molecule has 0 aliphatic rings. The van der Waals surface area contributed by atoms with Gasteiger partial charge in [-0.2, -0.15) is 0 Å². The standard InChI is InChI=1S/C11H6BrCl2NOS/c12-10-2-1-7(17-10)4-9(16)11-8(14)3-6(13)5-15-11/h1-3,5H,4H2. The smallest absolute Gasteiger partial charge is 0.187 e. The molecule has 0 N–H and O–H groups in total. The third kappa shape index (κ3) is 3.28. The number of hydrogen-bond acceptors (Lipinski definition) is 3. The van der Waals surface area contributed by atoms with Gasteiger partial charge in [-0.3, -0.25) is 4.79 Å². The van der Waals surface area contributed by atoms with E-state index in [0.717, 1.165) is 8.66 Å². The molecular weight excluding hydrogens is 345 g/mol. The molecule has 88 valence electrons. The number of ketones is 1. The summed E-state index contributed by atoms with van der Waals surface area (Å²) in [7, 11) is 0. The van der Waals surface area contributed by atoms with E-state index in [-0.39, 0.29) is 16.5 Å². The Kier molecular flexibility index (Phi) is 4.20. The van der Waals surface area contributed by atoms with E-state index in [2.05, 4.69) is 20.9 Å². The van der Waals surface area contributed by atoms with Crippen molar-refractivity contribution in [2.24, 2.45) is 0 Å². The number of pyridine rings is 1. The summed E-state index contributed by atoms with van der Waals surface area (Å²) in [5, 5.41) is 0.712. The molecule has 6 heteroatoms. The van der Waals surface area contributed by atoms with E-state index in [1.807, 2.05) is 12.1 Å². The number of rotatable bonds is 3. The monoisotopic (exact) mass is 349 g/mol. The minimum absolute atomic E-state index is 0.110. The molecule has 2 rings (SSSR count). The summed E-state index contributed by atoms with van der Waals surface area (Å²) in [6.07, 6.45) is 1.72. The van der Waals surface area contributed by atoms with Gasteiger partial charge in [0.2, 0.25) is 0 Å². The van der Waals surface area contributed by atoms with Crippen LogP contribution in [0.15, 0.2) is 28.2 Å². The molecule has 0 atom stereocenters. The van der Waals surface area contributed by atoms with Gasteiger partial charge in [0.25, 0.3) is 0 Å². The average Bonchev–Trinajstić information content (AvgIpc) is 2.63. The van der Waals surface area contributed by atoms with Crippen molar-refractivity contribution >= 4 is 56.3 Å². The molecule has 2 aromatic heterocycles. The minimum Gasteiger partial charge on any atom is -0.292 e. The highest BCUT2D eigenvalue weighted by atomic mass is 79.9. The van der Waals surface area contributed by atoms with Crippen molar-refractivity contribution in [3.63, 3.8) is 0 Å². The molecule has 0 amide bonds. The third-order valence-corrected chi connectivity index (χ3v) is 4.15. The van der Waals surface area contributed by atoms with E-state index in [1.165, 1.54) is 23.6 Å². The predicted molar refractivity (Wildman–Crippen MR) is 74.3 cm³/mol. The number of carbonyl (C=O) groups excluding carboxylic acids is 1. The van der Waals surface area contributed by atoms with Crippen LogP contribution in [0.1, 0.15) is 15.4 Å². The number of Topliss-reactive ketones (excluding diaryl/α,β-unsaturated/α-hetero) is 1. The van der Waals surface area contributed by atoms with Gasteiger partial charge in [0, 0.05) is 17.5 Å². The predicted octanol–water partition coefficient (Wildman–Crippen LogP) is 4.64. The Morgan fingerprint density at radius 2 is 2.18 bits per heavy atom. The van der Waals surface area contributed by atoms with Crippen molar-refractivity contribution in [2.45, 2.75) is 6.42 Å². The van der Waals surface area contributed by atoms with E-state index in [1.54, 1.807) is 0 Å². The molecule has 0 fully saturated rings. The molecule has 2 aromatic rings. The normalized spacial score (nSPS) is 10.5. The summed E-state index contributed by atoms with van der Waals surface area (Å²) in [4.78, 5) is 16.9. The highest BCUT2D eigenvalue weighted by Crippen LogP contribution is 2.25. The third-order valence-electron chi connectivity index (χ3n) is 2.04. The molecule has 2 heterocycles. The first-order valence-electron chi connectivity index (χ1n) is 4.64. The van der Waals surface area contributed by atoms with Crippen LogP contribution in [0, 0.1) is 0 Å². The summed E-state index contributed by atoms with van der Waals surface area (Å²) in [5.41, 5.74) is 0.264. The molecule has 0 spiro atoms. The zero-order valence-electron chi connectivity index (χ0n) is 8.41. The second-order valence-corrected chi connectivity index (χ2v) is 6.68. The molecule has 0 unspecified atom stereocenters. The van der Waals surface area contributed by atoms with Crippen molar-refractivity contribution in [3.8, 4) is 0 Å². The van der Waals surface area contributed by atoms with E-state index in [4.69, 9.17) is 23.2 Å². The summed E-state index contributed by atoms with van der Waals surface area (Å²) in [6, 6.07) is 5.33. The van der Waals surface area contributed by atoms with Gasteiger partial charge in [0.15, 0.2) is 5.78 Å². The molecule has 0 aliphatic carbocycles. The van der Waals surface area contributed by atoms with Crippen LogP contribution in [0.2, 0.25) is 10.0 Å². The lowest BCUT2D eigenvalue weighted by Gasteiger charge is -2.01. The first-order chi connectivity index (χ1) is 8.06. The summed E-state index contributed by atoms with van der Waals surface area (Å²) < 4.78 is 0.996. The van der Waals surface area contributed by atoms with Crippen LogP contribution in [0.3, 0.4) is 0 Å². The van der Waals surface area contributed by atoms with Gasteiger partial charge in [-0.1, -0.05) is 23.2 Å². The van der Waals surface area contributed by atoms with Crippen LogP contribution in [0.4, 0.5) is 0 Å². The lowest BCUT2D eigenvalue weighted by Crippen LogP contribution is -2.05. The lowest BCUT2D eigenvalue weighted by molar-refractivity contribution is 0.0989. The first kappa shape index (κ1) is 13.0. The number of hydrogen-bond donors (Lipinski definition) is 0. The van der Waals surface area contributed by atoms with E-state index < -0.39 is 0 Å². The number of thiophene rings is 1. The first-order valence-corrected chi connectivity index (χ1v) is 7.01. The molecular formula is C11H6BrCl2NOS. The Hall–Kier alpha value is -0.420. The highest BCUT2D eigenvalue weighted by molar-refractivity contribution is 9.11. The van der Waals surface area contributed by atoms with Crippen LogP contribution in [0.25, 0.3) is 0 Å². The van der Waals surface area contributed by atoms with Crippen LogP contribution < -0.4 is 0 Å². The van der Waals surface area contributed by atoms with E-state index in [9.17, 15) is 4.79 Å². The molecule has 17 heavy (non-hydrogen) atoms. The molecule has 0 aromatic carbocycles. The van der Waals surface area contributed by atoms with Gasteiger partial charge in [-0.25, -0.2) is 4.98 Å². The fraction of sp³-hybridized carbons (Fsp3) is 0.0909. The van der Waals surface area contributed by atoms with E-state index in [0.29, 0.717) is 11.4 Å². The summed E-state index contributed by atoms with van der Waals surface area (Å²) in [5.74, 6) is -0.110. The second-order valence-electron chi connectivity index (χ2n) is 3.29. The van der Waals surface area contributed by atoms with Gasteiger partial charge in [-0.05, 0) is 34.1 Å². The average molecular weight is 351 g/mol. The van der Waals surface area contributed by atoms with Crippen molar-refractivity contribution in [1.82, 2.24) is 4.98 Å². The van der Waals surface area contributed by atoms with Crippen molar-refractivity contribution in [1.29, 1.82) is 0 Å². The van der Waals surface area contributed by atoms with Gasteiger partial charge in [0.05, 0.1) is 13.8 Å². The molecule has 0 bridgehead atoms. The topological polar surface area (TPSA) is 30.0 Å². The maximum atomic E-state index is 12.0. The molecule has 0 saturated heterocycles. The zero-order valence-corrected chi connectivity index (χ0v) is 12.3. The maximum absolute atomic E-state index is 12.0. The van der Waals surface area contributed by atoms with Crippen LogP contribution >= 0.6 is 50.5 Å². The number of aromatic nitrogens is 1. The molecule has 2 nitrogen and oxygen atoms in total. The number of carbonyl (C=O) groups is 1. The van der Waals surface area contributed by atoms with Crippen molar-refractivity contribution < 1.29 is 4.79 Å². The highest BCUT2D eigenvalue weighted by Gasteiger charge is 2.14. The fourth-order valence-electron chi connectivity index (χ4n) is 1.31. The Morgan fingerprint density at radius 3 is 2.76 bits per heavy atom. The Morgan fingerprint density at radius 1 is 1.41 bits per heavy atom. The van der Waals surface area contributed by atoms with Crippen molar-refractivity contribution in [2.75, 3.05) is 0 Å². The quantitative estimate of drug-likeness (QED) is 0.755. The number of nitrogens with zero attached hydrogens (tertiary/aromatic N) is 1. The SMILES string of the molecule is O=C(Cc1ccc(Br)s1)c1ncc(Cl)cc1Cl. The lowest BCUT2D eigenvalue weighted by atomic mass is 10.2. The molecule has 0 radical (unpaired) electrons. The molecule has 0 aliphatic heterocycles. The van der Waals surface area contributed by atoms with Crippen LogP contribution in [0.5, 0.6) is 0 Å². The Bertz CT molecular complexity index is 570.